The number of likely N-dealkylation sites (tertiary alicyclic amines) is 1. The number of amides is 1. The first kappa shape index (κ1) is 11.5. The predicted octanol–water partition coefficient (Wildman–Crippen LogP) is 1.41. The number of aliphatic hydroxyl groups is 1. The molecule has 0 aromatic carbocycles. The van der Waals surface area contributed by atoms with Crippen molar-refractivity contribution in [2.45, 2.75) is 45.6 Å². The number of rotatable bonds is 3. The highest BCUT2D eigenvalue weighted by Gasteiger charge is 2.34. The van der Waals surface area contributed by atoms with Crippen LogP contribution in [0.1, 0.15) is 40.0 Å². The molecular weight excluding hydrogens is 178 g/mol. The van der Waals surface area contributed by atoms with Crippen LogP contribution in [0.3, 0.4) is 0 Å². The van der Waals surface area contributed by atoms with E-state index in [1.807, 2.05) is 25.7 Å². The van der Waals surface area contributed by atoms with Crippen LogP contribution in [0.25, 0.3) is 0 Å². The van der Waals surface area contributed by atoms with E-state index < -0.39 is 5.60 Å². The number of hydrogen-bond donors (Lipinski definition) is 1. The minimum Gasteiger partial charge on any atom is -0.390 e. The van der Waals surface area contributed by atoms with E-state index in [4.69, 9.17) is 0 Å². The monoisotopic (exact) mass is 199 g/mol. The SMILES string of the molecule is CCCC(=O)N1CCC(C(C)(C)O)C1. The van der Waals surface area contributed by atoms with E-state index in [0.717, 1.165) is 25.9 Å². The minimum absolute atomic E-state index is 0.235. The van der Waals surface area contributed by atoms with Gasteiger partial charge in [-0.15, -0.1) is 0 Å². The Labute approximate surface area is 86.1 Å². The molecule has 1 fully saturated rings. The van der Waals surface area contributed by atoms with Crippen LogP contribution < -0.4 is 0 Å². The molecule has 1 unspecified atom stereocenters. The van der Waals surface area contributed by atoms with Gasteiger partial charge in [0, 0.05) is 25.4 Å². The Kier molecular flexibility index (Phi) is 3.53. The number of hydrogen-bond acceptors (Lipinski definition) is 2. The number of nitrogens with zero attached hydrogens (tertiary/aromatic N) is 1. The van der Waals surface area contributed by atoms with Crippen molar-refractivity contribution in [2.75, 3.05) is 13.1 Å². The molecule has 1 amide bonds. The standard InChI is InChI=1S/C11H21NO2/c1-4-5-10(13)12-7-6-9(8-12)11(2,3)14/h9,14H,4-8H2,1-3H3. The average molecular weight is 199 g/mol. The van der Waals surface area contributed by atoms with E-state index in [-0.39, 0.29) is 11.8 Å². The van der Waals surface area contributed by atoms with Gasteiger partial charge in [0.2, 0.25) is 5.91 Å². The summed E-state index contributed by atoms with van der Waals surface area (Å²) in [5.41, 5.74) is -0.652. The van der Waals surface area contributed by atoms with Gasteiger partial charge in [0.1, 0.15) is 0 Å². The molecular formula is C11H21NO2. The second kappa shape index (κ2) is 4.30. The molecule has 0 aromatic rings. The Morgan fingerprint density at radius 1 is 1.57 bits per heavy atom. The molecule has 0 saturated carbocycles. The van der Waals surface area contributed by atoms with Crippen molar-refractivity contribution >= 4 is 5.91 Å². The van der Waals surface area contributed by atoms with Gasteiger partial charge in [-0.25, -0.2) is 0 Å². The Bertz CT molecular complexity index is 208. The molecule has 1 aliphatic rings. The van der Waals surface area contributed by atoms with Gasteiger partial charge >= 0.3 is 0 Å². The van der Waals surface area contributed by atoms with E-state index >= 15 is 0 Å². The molecule has 1 heterocycles. The number of carbonyl (C=O) groups excluding carboxylic acids is 1. The predicted molar refractivity (Wildman–Crippen MR) is 55.9 cm³/mol. The third kappa shape index (κ3) is 2.71. The Morgan fingerprint density at radius 2 is 2.21 bits per heavy atom. The quantitative estimate of drug-likeness (QED) is 0.746. The lowest BCUT2D eigenvalue weighted by Crippen LogP contribution is -2.35. The fraction of sp³-hybridized carbons (Fsp3) is 0.909. The zero-order valence-corrected chi connectivity index (χ0v) is 9.42. The summed E-state index contributed by atoms with van der Waals surface area (Å²) in [5, 5.41) is 9.81. The van der Waals surface area contributed by atoms with Crippen molar-refractivity contribution in [3.8, 4) is 0 Å². The maximum Gasteiger partial charge on any atom is 0.222 e. The van der Waals surface area contributed by atoms with Crippen molar-refractivity contribution in [3.05, 3.63) is 0 Å². The van der Waals surface area contributed by atoms with Gasteiger partial charge in [-0.1, -0.05) is 6.92 Å². The lowest BCUT2D eigenvalue weighted by Gasteiger charge is -2.25. The van der Waals surface area contributed by atoms with E-state index in [1.54, 1.807) is 0 Å². The Morgan fingerprint density at radius 3 is 2.64 bits per heavy atom. The lowest BCUT2D eigenvalue weighted by atomic mass is 9.90. The van der Waals surface area contributed by atoms with Crippen LogP contribution in [0.5, 0.6) is 0 Å². The van der Waals surface area contributed by atoms with E-state index in [0.29, 0.717) is 6.42 Å². The van der Waals surface area contributed by atoms with Crippen LogP contribution >= 0.6 is 0 Å². The molecule has 0 bridgehead atoms. The highest BCUT2D eigenvalue weighted by molar-refractivity contribution is 5.76. The molecule has 1 N–H and O–H groups in total. The second-order valence-corrected chi connectivity index (χ2v) is 4.73. The second-order valence-electron chi connectivity index (χ2n) is 4.73. The Balaban J connectivity index is 2.45. The molecule has 1 atom stereocenters. The van der Waals surface area contributed by atoms with Crippen LogP contribution in [-0.4, -0.2) is 34.6 Å². The van der Waals surface area contributed by atoms with Gasteiger partial charge in [0.15, 0.2) is 0 Å². The zero-order valence-electron chi connectivity index (χ0n) is 9.42. The summed E-state index contributed by atoms with van der Waals surface area (Å²) in [6, 6.07) is 0. The van der Waals surface area contributed by atoms with E-state index in [2.05, 4.69) is 0 Å². The highest BCUT2D eigenvalue weighted by Crippen LogP contribution is 2.27. The van der Waals surface area contributed by atoms with Gasteiger partial charge in [0.05, 0.1) is 5.60 Å². The summed E-state index contributed by atoms with van der Waals surface area (Å²) >= 11 is 0. The molecule has 1 aliphatic heterocycles. The van der Waals surface area contributed by atoms with Gasteiger partial charge in [-0.2, -0.15) is 0 Å². The third-order valence-electron chi connectivity index (χ3n) is 3.00. The summed E-state index contributed by atoms with van der Waals surface area (Å²) in [7, 11) is 0. The zero-order chi connectivity index (χ0) is 10.8. The number of carbonyl (C=O) groups is 1. The summed E-state index contributed by atoms with van der Waals surface area (Å²) in [6.07, 6.45) is 2.47. The van der Waals surface area contributed by atoms with Crippen molar-refractivity contribution < 1.29 is 9.90 Å². The first-order chi connectivity index (χ1) is 6.45. The van der Waals surface area contributed by atoms with Crippen molar-refractivity contribution in [1.29, 1.82) is 0 Å². The fourth-order valence-electron chi connectivity index (χ4n) is 1.94. The highest BCUT2D eigenvalue weighted by atomic mass is 16.3. The fourth-order valence-corrected chi connectivity index (χ4v) is 1.94. The molecule has 0 aromatic heterocycles. The average Bonchev–Trinajstić information content (AvgIpc) is 2.51. The molecule has 3 heteroatoms. The van der Waals surface area contributed by atoms with Crippen molar-refractivity contribution in [2.24, 2.45) is 5.92 Å². The van der Waals surface area contributed by atoms with E-state index in [9.17, 15) is 9.90 Å². The Hall–Kier alpha value is -0.570. The summed E-state index contributed by atoms with van der Waals surface area (Å²) in [4.78, 5) is 13.4. The molecule has 14 heavy (non-hydrogen) atoms. The van der Waals surface area contributed by atoms with Gasteiger partial charge in [0.25, 0.3) is 0 Å². The largest absolute Gasteiger partial charge is 0.390 e. The summed E-state index contributed by atoms with van der Waals surface area (Å²) in [5.74, 6) is 0.475. The lowest BCUT2D eigenvalue weighted by molar-refractivity contribution is -0.130. The van der Waals surface area contributed by atoms with Crippen LogP contribution in [0.15, 0.2) is 0 Å². The molecule has 82 valence electrons. The first-order valence-corrected chi connectivity index (χ1v) is 5.45. The maximum atomic E-state index is 11.6. The van der Waals surface area contributed by atoms with Crippen LogP contribution in [0.2, 0.25) is 0 Å². The summed E-state index contributed by atoms with van der Waals surface area (Å²) in [6.45, 7) is 7.20. The van der Waals surface area contributed by atoms with Crippen LogP contribution in [-0.2, 0) is 4.79 Å². The molecule has 0 radical (unpaired) electrons. The van der Waals surface area contributed by atoms with Crippen LogP contribution in [0.4, 0.5) is 0 Å². The summed E-state index contributed by atoms with van der Waals surface area (Å²) < 4.78 is 0. The van der Waals surface area contributed by atoms with Gasteiger partial charge < -0.3 is 10.0 Å². The topological polar surface area (TPSA) is 40.5 Å². The van der Waals surface area contributed by atoms with Gasteiger partial charge in [-0.05, 0) is 26.7 Å². The molecule has 3 nitrogen and oxygen atoms in total. The van der Waals surface area contributed by atoms with Gasteiger partial charge in [-0.3, -0.25) is 4.79 Å². The minimum atomic E-state index is -0.652. The smallest absolute Gasteiger partial charge is 0.222 e. The molecule has 0 spiro atoms. The maximum absolute atomic E-state index is 11.6. The van der Waals surface area contributed by atoms with Crippen molar-refractivity contribution in [3.63, 3.8) is 0 Å². The van der Waals surface area contributed by atoms with Crippen molar-refractivity contribution in [1.82, 2.24) is 4.90 Å². The molecule has 0 aliphatic carbocycles. The molecule has 1 saturated heterocycles. The first-order valence-electron chi connectivity index (χ1n) is 5.45. The normalized spacial score (nSPS) is 22.9. The molecule has 1 rings (SSSR count). The van der Waals surface area contributed by atoms with E-state index in [1.165, 1.54) is 0 Å². The van der Waals surface area contributed by atoms with Crippen LogP contribution in [0, 0.1) is 5.92 Å². The third-order valence-corrected chi connectivity index (χ3v) is 3.00.